The summed E-state index contributed by atoms with van der Waals surface area (Å²) in [5.41, 5.74) is 0.943. The summed E-state index contributed by atoms with van der Waals surface area (Å²) in [6.07, 6.45) is 1.57. The molecule has 0 amide bonds. The van der Waals surface area contributed by atoms with Crippen LogP contribution in [0.4, 0.5) is 11.5 Å². The highest BCUT2D eigenvalue weighted by molar-refractivity contribution is 9.10. The maximum absolute atomic E-state index is 11.2. The average molecular weight is 349 g/mol. The molecule has 0 atom stereocenters. The lowest BCUT2D eigenvalue weighted by Crippen LogP contribution is -2.04. The second kappa shape index (κ2) is 5.22. The molecule has 0 aliphatic heterocycles. The van der Waals surface area contributed by atoms with Crippen molar-refractivity contribution in [1.82, 2.24) is 4.98 Å². The van der Waals surface area contributed by atoms with Gasteiger partial charge in [0.15, 0.2) is 0 Å². The van der Waals surface area contributed by atoms with Crippen LogP contribution < -0.4 is 5.32 Å². The molecule has 6 heteroatoms. The molecule has 0 aliphatic carbocycles. The van der Waals surface area contributed by atoms with Gasteiger partial charge in [0.25, 0.3) is 0 Å². The van der Waals surface area contributed by atoms with E-state index in [-0.39, 0.29) is 5.56 Å². The van der Waals surface area contributed by atoms with E-state index in [0.717, 1.165) is 11.1 Å². The van der Waals surface area contributed by atoms with E-state index in [2.05, 4.69) is 26.2 Å². The molecule has 0 unspecified atom stereocenters. The van der Waals surface area contributed by atoms with E-state index in [9.17, 15) is 9.90 Å². The summed E-state index contributed by atoms with van der Waals surface area (Å²) in [5.74, 6) is -0.687. The van der Waals surface area contributed by atoms with Crippen LogP contribution >= 0.6 is 27.3 Å². The van der Waals surface area contributed by atoms with Gasteiger partial charge in [-0.1, -0.05) is 0 Å². The van der Waals surface area contributed by atoms with Gasteiger partial charge < -0.3 is 10.4 Å². The van der Waals surface area contributed by atoms with Crippen molar-refractivity contribution in [2.45, 2.75) is 0 Å². The van der Waals surface area contributed by atoms with Crippen LogP contribution in [0.5, 0.6) is 0 Å². The number of hydrogen-bond donors (Lipinski definition) is 2. The van der Waals surface area contributed by atoms with Gasteiger partial charge in [-0.25, -0.2) is 9.78 Å². The normalized spacial score (nSPS) is 10.7. The van der Waals surface area contributed by atoms with E-state index in [1.165, 1.54) is 10.8 Å². The highest BCUT2D eigenvalue weighted by atomic mass is 79.9. The Morgan fingerprint density at radius 2 is 2.15 bits per heavy atom. The summed E-state index contributed by atoms with van der Waals surface area (Å²) in [6, 6.07) is 9.44. The molecule has 2 heterocycles. The largest absolute Gasteiger partial charge is 0.478 e. The number of nitrogens with zero attached hydrogens (tertiary/aromatic N) is 1. The zero-order valence-corrected chi connectivity index (χ0v) is 12.5. The predicted molar refractivity (Wildman–Crippen MR) is 84.0 cm³/mol. The standard InChI is InChI=1S/C14H9BrN2O2S/c15-9-6-11(14(18)19)13(16-7-9)17-10-1-2-12-8(5-10)3-4-20-12/h1-7H,(H,16,17)(H,18,19). The molecule has 0 spiro atoms. The van der Waals surface area contributed by atoms with Crippen molar-refractivity contribution in [2.24, 2.45) is 0 Å². The fourth-order valence-electron chi connectivity index (χ4n) is 1.88. The summed E-state index contributed by atoms with van der Waals surface area (Å²) < 4.78 is 1.83. The number of thiophene rings is 1. The summed E-state index contributed by atoms with van der Waals surface area (Å²) in [6.45, 7) is 0. The van der Waals surface area contributed by atoms with Gasteiger partial charge in [0.2, 0.25) is 0 Å². The van der Waals surface area contributed by atoms with Gasteiger partial charge in [-0.3, -0.25) is 0 Å². The molecule has 3 rings (SSSR count). The number of fused-ring (bicyclic) bond motifs is 1. The number of halogens is 1. The molecule has 1 aromatic carbocycles. The molecule has 20 heavy (non-hydrogen) atoms. The van der Waals surface area contributed by atoms with Crippen molar-refractivity contribution in [1.29, 1.82) is 0 Å². The Morgan fingerprint density at radius 3 is 2.95 bits per heavy atom. The molecule has 2 N–H and O–H groups in total. The van der Waals surface area contributed by atoms with Gasteiger partial charge in [-0.2, -0.15) is 0 Å². The summed E-state index contributed by atoms with van der Waals surface area (Å²) in [4.78, 5) is 15.4. The monoisotopic (exact) mass is 348 g/mol. The third-order valence-corrected chi connectivity index (χ3v) is 4.13. The minimum atomic E-state index is -1.02. The van der Waals surface area contributed by atoms with Gasteiger partial charge in [0.1, 0.15) is 11.4 Å². The molecule has 4 nitrogen and oxygen atoms in total. The van der Waals surface area contributed by atoms with E-state index in [0.29, 0.717) is 10.3 Å². The first-order valence-electron chi connectivity index (χ1n) is 5.76. The number of carboxylic acids is 1. The Morgan fingerprint density at radius 1 is 1.30 bits per heavy atom. The van der Waals surface area contributed by atoms with Crippen LogP contribution in [0.2, 0.25) is 0 Å². The van der Waals surface area contributed by atoms with E-state index in [1.54, 1.807) is 17.5 Å². The number of anilines is 2. The summed E-state index contributed by atoms with van der Waals surface area (Å²) in [5, 5.41) is 15.4. The average Bonchev–Trinajstić information content (AvgIpc) is 2.88. The third-order valence-electron chi connectivity index (χ3n) is 2.80. The Balaban J connectivity index is 1.99. The van der Waals surface area contributed by atoms with Crippen LogP contribution in [0, 0.1) is 0 Å². The van der Waals surface area contributed by atoms with Crippen LogP contribution in [0.15, 0.2) is 46.4 Å². The first-order chi connectivity index (χ1) is 9.63. The number of aromatic nitrogens is 1. The highest BCUT2D eigenvalue weighted by Crippen LogP contribution is 2.27. The van der Waals surface area contributed by atoms with Crippen molar-refractivity contribution in [3.63, 3.8) is 0 Å². The lowest BCUT2D eigenvalue weighted by Gasteiger charge is -2.09. The molecule has 100 valence electrons. The third kappa shape index (κ3) is 2.52. The molecular weight excluding hydrogens is 340 g/mol. The smallest absolute Gasteiger partial charge is 0.339 e. The zero-order chi connectivity index (χ0) is 14.1. The topological polar surface area (TPSA) is 62.2 Å². The molecule has 0 saturated heterocycles. The number of hydrogen-bond acceptors (Lipinski definition) is 4. The van der Waals surface area contributed by atoms with Crippen molar-refractivity contribution in [3.05, 3.63) is 51.9 Å². The van der Waals surface area contributed by atoms with Gasteiger partial charge in [0.05, 0.1) is 0 Å². The van der Waals surface area contributed by atoms with Gasteiger partial charge in [-0.05, 0) is 57.0 Å². The zero-order valence-electron chi connectivity index (χ0n) is 10.1. The van der Waals surface area contributed by atoms with Crippen LogP contribution in [-0.2, 0) is 0 Å². The lowest BCUT2D eigenvalue weighted by atomic mass is 10.2. The molecule has 0 saturated carbocycles. The number of pyridine rings is 1. The lowest BCUT2D eigenvalue weighted by molar-refractivity contribution is 0.0697. The van der Waals surface area contributed by atoms with E-state index < -0.39 is 5.97 Å². The Hall–Kier alpha value is -1.92. The Bertz CT molecular complexity index is 801. The van der Waals surface area contributed by atoms with Gasteiger partial charge in [0, 0.05) is 21.1 Å². The fourth-order valence-corrected chi connectivity index (χ4v) is 2.99. The maximum Gasteiger partial charge on any atom is 0.339 e. The summed E-state index contributed by atoms with van der Waals surface area (Å²) in [7, 11) is 0. The number of nitrogens with one attached hydrogen (secondary N) is 1. The molecule has 0 radical (unpaired) electrons. The summed E-state index contributed by atoms with van der Waals surface area (Å²) >= 11 is 4.89. The quantitative estimate of drug-likeness (QED) is 0.731. The molecule has 3 aromatic rings. The predicted octanol–water partition coefficient (Wildman–Crippen LogP) is 4.50. The van der Waals surface area contributed by atoms with E-state index in [4.69, 9.17) is 0 Å². The Labute approximate surface area is 127 Å². The number of aromatic carboxylic acids is 1. The number of rotatable bonds is 3. The number of benzene rings is 1. The molecule has 2 aromatic heterocycles. The van der Waals surface area contributed by atoms with Crippen molar-refractivity contribution in [3.8, 4) is 0 Å². The first-order valence-corrected chi connectivity index (χ1v) is 7.44. The minimum absolute atomic E-state index is 0.129. The van der Waals surface area contributed by atoms with Crippen molar-refractivity contribution in [2.75, 3.05) is 5.32 Å². The Kier molecular flexibility index (Phi) is 3.42. The van der Waals surface area contributed by atoms with Crippen molar-refractivity contribution >= 4 is 54.8 Å². The molecule has 0 fully saturated rings. The van der Waals surface area contributed by atoms with Gasteiger partial charge in [-0.15, -0.1) is 11.3 Å². The number of carboxylic acid groups (broad SMARTS) is 1. The molecular formula is C14H9BrN2O2S. The second-order valence-corrected chi connectivity index (χ2v) is 6.02. The van der Waals surface area contributed by atoms with Crippen molar-refractivity contribution < 1.29 is 9.90 Å². The van der Waals surface area contributed by atoms with Crippen LogP contribution in [0.3, 0.4) is 0 Å². The number of carbonyl (C=O) groups is 1. The van der Waals surface area contributed by atoms with Crippen LogP contribution in [-0.4, -0.2) is 16.1 Å². The maximum atomic E-state index is 11.2. The van der Waals surface area contributed by atoms with E-state index in [1.807, 2.05) is 29.6 Å². The molecule has 0 bridgehead atoms. The SMILES string of the molecule is O=C(O)c1cc(Br)cnc1Nc1ccc2sccc2c1. The fraction of sp³-hybridized carbons (Fsp3) is 0. The van der Waals surface area contributed by atoms with E-state index >= 15 is 0 Å². The first kappa shape index (κ1) is 13.1. The van der Waals surface area contributed by atoms with Crippen LogP contribution in [0.1, 0.15) is 10.4 Å². The minimum Gasteiger partial charge on any atom is -0.478 e. The second-order valence-electron chi connectivity index (χ2n) is 4.15. The highest BCUT2D eigenvalue weighted by Gasteiger charge is 2.12. The van der Waals surface area contributed by atoms with Gasteiger partial charge >= 0.3 is 5.97 Å². The molecule has 0 aliphatic rings. The van der Waals surface area contributed by atoms with Crippen LogP contribution in [0.25, 0.3) is 10.1 Å².